The van der Waals surface area contributed by atoms with E-state index in [2.05, 4.69) is 20.7 Å². The van der Waals surface area contributed by atoms with Crippen LogP contribution in [0.1, 0.15) is 41.7 Å². The predicted molar refractivity (Wildman–Crippen MR) is 117 cm³/mol. The van der Waals surface area contributed by atoms with Crippen molar-refractivity contribution < 1.29 is 22.4 Å². The average molecular weight is 484 g/mol. The molecular formula is C22H22ClF4N5O. The predicted octanol–water partition coefficient (Wildman–Crippen LogP) is 5.23. The highest BCUT2D eigenvalue weighted by Gasteiger charge is 2.34. The molecule has 3 aromatic rings. The van der Waals surface area contributed by atoms with Gasteiger partial charge in [0.15, 0.2) is 0 Å². The molecule has 1 aromatic carbocycles. The number of nitrogens with zero attached hydrogens (tertiary/aromatic N) is 3. The molecule has 11 heteroatoms. The quantitative estimate of drug-likeness (QED) is 0.471. The highest BCUT2D eigenvalue weighted by Crippen LogP contribution is 2.35. The highest BCUT2D eigenvalue weighted by atomic mass is 35.5. The van der Waals surface area contributed by atoms with Gasteiger partial charge in [0.1, 0.15) is 12.4 Å². The van der Waals surface area contributed by atoms with E-state index in [9.17, 15) is 22.4 Å². The van der Waals surface area contributed by atoms with Gasteiger partial charge in [0.25, 0.3) is 5.91 Å². The Bertz CT molecular complexity index is 1150. The second-order valence-corrected chi connectivity index (χ2v) is 8.51. The van der Waals surface area contributed by atoms with Gasteiger partial charge in [-0.15, -0.1) is 0 Å². The number of pyridine rings is 1. The minimum absolute atomic E-state index is 0.0759. The summed E-state index contributed by atoms with van der Waals surface area (Å²) in [6.07, 6.45) is 1.11. The highest BCUT2D eigenvalue weighted by molar-refractivity contribution is 6.31. The van der Waals surface area contributed by atoms with Crippen LogP contribution in [0.2, 0.25) is 5.02 Å². The summed E-state index contributed by atoms with van der Waals surface area (Å²) in [5, 5.41) is 11.0. The van der Waals surface area contributed by atoms with Crippen LogP contribution in [0.25, 0.3) is 10.9 Å². The first-order valence-corrected chi connectivity index (χ1v) is 10.9. The van der Waals surface area contributed by atoms with E-state index in [1.165, 1.54) is 29.2 Å². The summed E-state index contributed by atoms with van der Waals surface area (Å²) in [7, 11) is 0. The molecule has 33 heavy (non-hydrogen) atoms. The fraction of sp³-hybridized carbons (Fsp3) is 0.409. The van der Waals surface area contributed by atoms with Gasteiger partial charge in [-0.05, 0) is 49.9 Å². The Balaban J connectivity index is 1.49. The van der Waals surface area contributed by atoms with Gasteiger partial charge in [-0.25, -0.2) is 9.37 Å². The lowest BCUT2D eigenvalue weighted by Crippen LogP contribution is -2.41. The van der Waals surface area contributed by atoms with Gasteiger partial charge in [0.05, 0.1) is 23.8 Å². The van der Waals surface area contributed by atoms with E-state index >= 15 is 0 Å². The molecule has 6 nitrogen and oxygen atoms in total. The van der Waals surface area contributed by atoms with Gasteiger partial charge >= 0.3 is 6.18 Å². The first-order chi connectivity index (χ1) is 15.7. The molecule has 0 radical (unpaired) electrons. The summed E-state index contributed by atoms with van der Waals surface area (Å²) >= 11 is 6.07. The molecule has 0 saturated heterocycles. The molecule has 1 aliphatic rings. The Kier molecular flexibility index (Phi) is 6.73. The maximum atomic E-state index is 13.4. The lowest BCUT2D eigenvalue weighted by molar-refractivity contribution is -0.140. The smallest absolute Gasteiger partial charge is 0.382 e. The number of alkyl halides is 4. The van der Waals surface area contributed by atoms with Gasteiger partial charge in [-0.1, -0.05) is 11.6 Å². The fourth-order valence-electron chi connectivity index (χ4n) is 4.09. The molecule has 2 heterocycles. The van der Waals surface area contributed by atoms with E-state index in [4.69, 9.17) is 11.6 Å². The van der Waals surface area contributed by atoms with E-state index in [1.54, 1.807) is 6.07 Å². The van der Waals surface area contributed by atoms with Crippen molar-refractivity contribution in [3.63, 3.8) is 0 Å². The minimum atomic E-state index is -4.58. The van der Waals surface area contributed by atoms with Crippen LogP contribution < -0.4 is 10.6 Å². The number of fused-ring (bicyclic) bond motifs is 1. The normalized spacial score (nSPS) is 18.9. The zero-order valence-corrected chi connectivity index (χ0v) is 18.3. The molecule has 2 aromatic heterocycles. The third-order valence-electron chi connectivity index (χ3n) is 5.64. The molecular weight excluding hydrogens is 462 g/mol. The number of hydrogen-bond donors (Lipinski definition) is 2. The lowest BCUT2D eigenvalue weighted by atomic mass is 9.90. The van der Waals surface area contributed by atoms with Crippen molar-refractivity contribution in [2.75, 3.05) is 12.0 Å². The second kappa shape index (κ2) is 9.54. The Morgan fingerprint density at radius 1 is 1.21 bits per heavy atom. The van der Waals surface area contributed by atoms with Crippen molar-refractivity contribution in [2.24, 2.45) is 0 Å². The molecule has 0 spiro atoms. The molecule has 0 bridgehead atoms. The summed E-state index contributed by atoms with van der Waals surface area (Å²) in [6, 6.07) is 5.24. The number of halogens is 5. The van der Waals surface area contributed by atoms with Crippen molar-refractivity contribution in [1.82, 2.24) is 20.1 Å². The van der Waals surface area contributed by atoms with E-state index in [0.717, 1.165) is 25.3 Å². The van der Waals surface area contributed by atoms with Gasteiger partial charge in [-0.3, -0.25) is 9.48 Å². The molecule has 1 fully saturated rings. The molecule has 1 aliphatic carbocycles. The maximum absolute atomic E-state index is 13.4. The van der Waals surface area contributed by atoms with Crippen molar-refractivity contribution in [3.05, 3.63) is 52.9 Å². The van der Waals surface area contributed by atoms with Crippen molar-refractivity contribution in [2.45, 2.75) is 50.5 Å². The number of anilines is 1. The lowest BCUT2D eigenvalue weighted by Gasteiger charge is -2.31. The minimum Gasteiger partial charge on any atom is -0.382 e. The van der Waals surface area contributed by atoms with Gasteiger partial charge < -0.3 is 10.6 Å². The number of carbonyl (C=O) groups excluding carboxylic acids is 1. The van der Waals surface area contributed by atoms with Gasteiger partial charge in [0, 0.05) is 34.4 Å². The van der Waals surface area contributed by atoms with Crippen LogP contribution >= 0.6 is 11.6 Å². The molecule has 0 aliphatic heterocycles. The zero-order valence-electron chi connectivity index (χ0n) is 17.5. The Morgan fingerprint density at radius 2 is 2.00 bits per heavy atom. The van der Waals surface area contributed by atoms with Crippen LogP contribution in [0.3, 0.4) is 0 Å². The summed E-state index contributed by atoms with van der Waals surface area (Å²) in [5.74, 6) is -0.314. The Hall–Kier alpha value is -2.88. The van der Waals surface area contributed by atoms with Crippen molar-refractivity contribution in [1.29, 1.82) is 0 Å². The number of carbonyl (C=O) groups is 1. The summed E-state index contributed by atoms with van der Waals surface area (Å²) < 4.78 is 53.9. The van der Waals surface area contributed by atoms with E-state index in [0.29, 0.717) is 28.1 Å². The average Bonchev–Trinajstić information content (AvgIpc) is 3.23. The van der Waals surface area contributed by atoms with Gasteiger partial charge in [0.2, 0.25) is 0 Å². The SMILES string of the molecule is O=C(N[C@@H]1CCC[C@H](Nc2cc(C(F)(F)F)nc3ccc(Cl)cc23)C1)c1cnn(CCF)c1. The number of aryl methyl sites for hydroxylation is 1. The van der Waals surface area contributed by atoms with Crippen LogP contribution in [-0.2, 0) is 12.7 Å². The monoisotopic (exact) mass is 483 g/mol. The van der Waals surface area contributed by atoms with Crippen LogP contribution in [0.4, 0.5) is 23.2 Å². The molecule has 2 N–H and O–H groups in total. The third-order valence-corrected chi connectivity index (χ3v) is 5.87. The largest absolute Gasteiger partial charge is 0.433 e. The molecule has 176 valence electrons. The molecule has 1 amide bonds. The fourth-order valence-corrected chi connectivity index (χ4v) is 4.27. The number of nitrogens with one attached hydrogen (secondary N) is 2. The van der Waals surface area contributed by atoms with Crippen molar-refractivity contribution >= 4 is 34.1 Å². The Morgan fingerprint density at radius 3 is 2.76 bits per heavy atom. The van der Waals surface area contributed by atoms with Gasteiger partial charge in [-0.2, -0.15) is 18.3 Å². The van der Waals surface area contributed by atoms with Crippen LogP contribution in [0, 0.1) is 0 Å². The standard InChI is InChI=1S/C22H22ClF4N5O/c23-14-4-5-18-17(8-14)19(10-20(31-18)22(25,26)27)29-15-2-1-3-16(9-15)30-21(33)13-11-28-32(12-13)7-6-24/h4-5,8,10-12,15-16H,1-3,6-7,9H2,(H,29,31)(H,30,33)/t15-,16+/m0/s1. The number of rotatable bonds is 6. The molecule has 4 rings (SSSR count). The topological polar surface area (TPSA) is 71.8 Å². The summed E-state index contributed by atoms with van der Waals surface area (Å²) in [4.78, 5) is 16.3. The summed E-state index contributed by atoms with van der Waals surface area (Å²) in [5.41, 5.74) is -0.143. The Labute approximate surface area is 192 Å². The van der Waals surface area contributed by atoms with E-state index < -0.39 is 18.5 Å². The molecule has 2 atom stereocenters. The van der Waals surface area contributed by atoms with E-state index in [-0.39, 0.29) is 30.1 Å². The summed E-state index contributed by atoms with van der Waals surface area (Å²) in [6.45, 7) is -0.504. The first-order valence-electron chi connectivity index (χ1n) is 10.6. The van der Waals surface area contributed by atoms with Crippen molar-refractivity contribution in [3.8, 4) is 0 Å². The van der Waals surface area contributed by atoms with Crippen LogP contribution in [-0.4, -0.2) is 39.4 Å². The second-order valence-electron chi connectivity index (χ2n) is 8.07. The number of amides is 1. The van der Waals surface area contributed by atoms with Crippen LogP contribution in [0.5, 0.6) is 0 Å². The van der Waals surface area contributed by atoms with Crippen LogP contribution in [0.15, 0.2) is 36.7 Å². The number of hydrogen-bond acceptors (Lipinski definition) is 4. The first kappa shape index (κ1) is 23.3. The maximum Gasteiger partial charge on any atom is 0.433 e. The number of aromatic nitrogens is 3. The van der Waals surface area contributed by atoms with E-state index in [1.807, 2.05) is 0 Å². The third kappa shape index (κ3) is 5.55. The molecule has 1 saturated carbocycles. The zero-order chi connectivity index (χ0) is 23.6. The molecule has 0 unspecified atom stereocenters. The number of benzene rings is 1.